The van der Waals surface area contributed by atoms with Gasteiger partial charge in [-0.3, -0.25) is 4.79 Å². The number of nitrogens with one attached hydrogen (secondary N) is 1. The molecule has 0 heterocycles. The van der Waals surface area contributed by atoms with Crippen molar-refractivity contribution >= 4 is 17.7 Å². The Balaban J connectivity index is 2.44. The lowest BCUT2D eigenvalue weighted by atomic mass is 10.0. The highest BCUT2D eigenvalue weighted by atomic mass is 32.2. The number of carbonyl (C=O) groups is 1. The highest BCUT2D eigenvalue weighted by Crippen LogP contribution is 2.22. The fourth-order valence-electron chi connectivity index (χ4n) is 1.92. The first-order valence-electron chi connectivity index (χ1n) is 7.11. The topological polar surface area (TPSA) is 49.3 Å². The van der Waals surface area contributed by atoms with Crippen LogP contribution in [0.15, 0.2) is 29.2 Å². The molecule has 0 aliphatic heterocycles. The number of benzene rings is 1. The average Bonchev–Trinajstić information content (AvgIpc) is 2.37. The maximum Gasteiger partial charge on any atom is 0.320 e. The van der Waals surface area contributed by atoms with Gasteiger partial charge >= 0.3 is 5.97 Å². The highest BCUT2D eigenvalue weighted by molar-refractivity contribution is 7.99. The van der Waals surface area contributed by atoms with Gasteiger partial charge in [-0.2, -0.15) is 0 Å². The van der Waals surface area contributed by atoms with E-state index in [0.29, 0.717) is 12.3 Å². The monoisotopic (exact) mass is 295 g/mol. The normalized spacial score (nSPS) is 12.9. The fraction of sp³-hybridized carbons (Fsp3) is 0.562. The van der Waals surface area contributed by atoms with Crippen molar-refractivity contribution in [3.8, 4) is 0 Å². The van der Waals surface area contributed by atoms with Crippen LogP contribution in [0.2, 0.25) is 0 Å². The second kappa shape index (κ2) is 8.32. The third-order valence-electron chi connectivity index (χ3n) is 3.05. The summed E-state index contributed by atoms with van der Waals surface area (Å²) in [5, 5.41) is 12.2. The van der Waals surface area contributed by atoms with Crippen LogP contribution < -0.4 is 5.32 Å². The van der Waals surface area contributed by atoms with Crippen molar-refractivity contribution in [2.45, 2.75) is 57.0 Å². The standard InChI is InChI=1S/C16H25NO2S/c1-11(2)13-5-7-14(8-6-13)20-10-9-15(16(18)19)17-12(3)4/h5-8,11-12,15,17H,9-10H2,1-4H3,(H,18,19). The van der Waals surface area contributed by atoms with Gasteiger partial charge in [0.25, 0.3) is 0 Å². The quantitative estimate of drug-likeness (QED) is 0.717. The molecule has 20 heavy (non-hydrogen) atoms. The van der Waals surface area contributed by atoms with Crippen LogP contribution in [-0.2, 0) is 4.79 Å². The third kappa shape index (κ3) is 5.97. The number of rotatable bonds is 8. The van der Waals surface area contributed by atoms with Crippen LogP contribution in [0, 0.1) is 0 Å². The van der Waals surface area contributed by atoms with Gasteiger partial charge in [-0.1, -0.05) is 39.8 Å². The third-order valence-corrected chi connectivity index (χ3v) is 4.10. The van der Waals surface area contributed by atoms with E-state index in [9.17, 15) is 4.79 Å². The molecule has 0 bridgehead atoms. The van der Waals surface area contributed by atoms with E-state index in [1.54, 1.807) is 11.8 Å². The lowest BCUT2D eigenvalue weighted by molar-refractivity contribution is -0.139. The van der Waals surface area contributed by atoms with Gasteiger partial charge in [0.15, 0.2) is 0 Å². The molecular weight excluding hydrogens is 270 g/mol. The molecule has 3 nitrogen and oxygen atoms in total. The molecule has 4 heteroatoms. The predicted molar refractivity (Wildman–Crippen MR) is 85.6 cm³/mol. The summed E-state index contributed by atoms with van der Waals surface area (Å²) in [7, 11) is 0. The smallest absolute Gasteiger partial charge is 0.320 e. The van der Waals surface area contributed by atoms with E-state index >= 15 is 0 Å². The molecule has 0 aliphatic rings. The Bertz CT molecular complexity index is 415. The van der Waals surface area contributed by atoms with E-state index in [1.165, 1.54) is 10.5 Å². The van der Waals surface area contributed by atoms with Gasteiger partial charge in [0.2, 0.25) is 0 Å². The number of aliphatic carboxylic acids is 1. The molecule has 1 atom stereocenters. The number of carboxylic acid groups (broad SMARTS) is 1. The molecular formula is C16H25NO2S. The second-order valence-corrected chi connectivity index (χ2v) is 6.74. The Morgan fingerprint density at radius 3 is 2.25 bits per heavy atom. The summed E-state index contributed by atoms with van der Waals surface area (Å²) in [4.78, 5) is 12.3. The highest BCUT2D eigenvalue weighted by Gasteiger charge is 2.17. The lowest BCUT2D eigenvalue weighted by Crippen LogP contribution is -2.41. The van der Waals surface area contributed by atoms with E-state index in [0.717, 1.165) is 5.75 Å². The zero-order valence-corrected chi connectivity index (χ0v) is 13.5. The van der Waals surface area contributed by atoms with Crippen molar-refractivity contribution in [2.24, 2.45) is 0 Å². The Hall–Kier alpha value is -1.00. The molecule has 1 aromatic carbocycles. The first kappa shape index (κ1) is 17.1. The minimum atomic E-state index is -0.769. The van der Waals surface area contributed by atoms with Gasteiger partial charge in [0.05, 0.1) is 0 Å². The van der Waals surface area contributed by atoms with E-state index < -0.39 is 12.0 Å². The van der Waals surface area contributed by atoms with Gasteiger partial charge in [0.1, 0.15) is 6.04 Å². The van der Waals surface area contributed by atoms with Gasteiger partial charge < -0.3 is 10.4 Å². The van der Waals surface area contributed by atoms with E-state index in [2.05, 4.69) is 43.4 Å². The van der Waals surface area contributed by atoms with Crippen LogP contribution in [0.3, 0.4) is 0 Å². The van der Waals surface area contributed by atoms with E-state index in [1.807, 2.05) is 13.8 Å². The fourth-order valence-corrected chi connectivity index (χ4v) is 2.84. The number of hydrogen-bond donors (Lipinski definition) is 2. The van der Waals surface area contributed by atoms with Gasteiger partial charge in [-0.05, 0) is 30.0 Å². The van der Waals surface area contributed by atoms with Crippen molar-refractivity contribution in [2.75, 3.05) is 5.75 Å². The molecule has 112 valence electrons. The van der Waals surface area contributed by atoms with E-state index in [-0.39, 0.29) is 6.04 Å². The number of carboxylic acids is 1. The predicted octanol–water partition coefficient (Wildman–Crippen LogP) is 3.74. The molecule has 0 spiro atoms. The SMILES string of the molecule is CC(C)NC(CCSc1ccc(C(C)C)cc1)C(=O)O. The van der Waals surface area contributed by atoms with Crippen LogP contribution in [-0.4, -0.2) is 28.9 Å². The molecule has 0 saturated heterocycles. The summed E-state index contributed by atoms with van der Waals surface area (Å²) in [5.41, 5.74) is 1.33. The molecule has 1 aromatic rings. The number of hydrogen-bond acceptors (Lipinski definition) is 3. The summed E-state index contributed by atoms with van der Waals surface area (Å²) in [5.74, 6) is 0.577. The Morgan fingerprint density at radius 2 is 1.80 bits per heavy atom. The molecule has 0 aliphatic carbocycles. The first-order valence-corrected chi connectivity index (χ1v) is 8.10. The van der Waals surface area contributed by atoms with E-state index in [4.69, 9.17) is 5.11 Å². The summed E-state index contributed by atoms with van der Waals surface area (Å²) >= 11 is 1.71. The van der Waals surface area contributed by atoms with Gasteiger partial charge in [-0.15, -0.1) is 11.8 Å². The maximum absolute atomic E-state index is 11.1. The second-order valence-electron chi connectivity index (χ2n) is 5.57. The van der Waals surface area contributed by atoms with Crippen molar-refractivity contribution in [1.82, 2.24) is 5.32 Å². The van der Waals surface area contributed by atoms with Gasteiger partial charge in [0, 0.05) is 16.7 Å². The Kier molecular flexibility index (Phi) is 7.10. The molecule has 0 saturated carbocycles. The van der Waals surface area contributed by atoms with Crippen molar-refractivity contribution in [3.05, 3.63) is 29.8 Å². The molecule has 1 unspecified atom stereocenters. The van der Waals surface area contributed by atoms with Crippen LogP contribution in [0.5, 0.6) is 0 Å². The van der Waals surface area contributed by atoms with Crippen molar-refractivity contribution < 1.29 is 9.90 Å². The molecule has 0 fully saturated rings. The Morgan fingerprint density at radius 1 is 1.20 bits per heavy atom. The zero-order valence-electron chi connectivity index (χ0n) is 12.7. The molecule has 0 amide bonds. The van der Waals surface area contributed by atoms with Crippen LogP contribution in [0.1, 0.15) is 45.6 Å². The minimum absolute atomic E-state index is 0.187. The zero-order chi connectivity index (χ0) is 15.1. The Labute approximate surface area is 126 Å². The first-order chi connectivity index (χ1) is 9.40. The molecule has 0 aromatic heterocycles. The van der Waals surface area contributed by atoms with Crippen LogP contribution in [0.25, 0.3) is 0 Å². The summed E-state index contributed by atoms with van der Waals surface area (Å²) < 4.78 is 0. The maximum atomic E-state index is 11.1. The van der Waals surface area contributed by atoms with Crippen LogP contribution in [0.4, 0.5) is 0 Å². The molecule has 0 radical (unpaired) electrons. The van der Waals surface area contributed by atoms with Crippen LogP contribution >= 0.6 is 11.8 Å². The number of thioether (sulfide) groups is 1. The van der Waals surface area contributed by atoms with Crippen molar-refractivity contribution in [1.29, 1.82) is 0 Å². The largest absolute Gasteiger partial charge is 0.480 e. The van der Waals surface area contributed by atoms with Gasteiger partial charge in [-0.25, -0.2) is 0 Å². The summed E-state index contributed by atoms with van der Waals surface area (Å²) in [6.07, 6.45) is 0.629. The minimum Gasteiger partial charge on any atom is -0.480 e. The average molecular weight is 295 g/mol. The molecule has 1 rings (SSSR count). The van der Waals surface area contributed by atoms with Crippen molar-refractivity contribution in [3.63, 3.8) is 0 Å². The molecule has 2 N–H and O–H groups in total. The lowest BCUT2D eigenvalue weighted by Gasteiger charge is -2.16. The summed E-state index contributed by atoms with van der Waals surface area (Å²) in [6, 6.07) is 8.25. The summed E-state index contributed by atoms with van der Waals surface area (Å²) in [6.45, 7) is 8.29.